The number of nitrogens with zero attached hydrogens (tertiary/aromatic N) is 1. The Morgan fingerprint density at radius 1 is 1.28 bits per heavy atom. The van der Waals surface area contributed by atoms with Gasteiger partial charge in [-0.05, 0) is 54.8 Å². The summed E-state index contributed by atoms with van der Waals surface area (Å²) < 4.78 is 5.66. The number of β-amino-alcohol motifs (C(OH)–C–C–N with tert-alkyl or cyclic N) is 1. The first kappa shape index (κ1) is 17.3. The molecule has 0 fully saturated rings. The summed E-state index contributed by atoms with van der Waals surface area (Å²) in [4.78, 5) is 13.2. The van der Waals surface area contributed by atoms with Gasteiger partial charge < -0.3 is 20.1 Å². The SMILES string of the molecule is CC(=O)Nc1ccc(OCC(O)CN2CCc3c(C)cccc32)cc1. The van der Waals surface area contributed by atoms with E-state index < -0.39 is 6.10 Å². The molecule has 0 bridgehead atoms. The molecule has 0 aliphatic carbocycles. The van der Waals surface area contributed by atoms with E-state index in [9.17, 15) is 9.90 Å². The Morgan fingerprint density at radius 2 is 2.04 bits per heavy atom. The zero-order valence-corrected chi connectivity index (χ0v) is 14.7. The van der Waals surface area contributed by atoms with E-state index in [4.69, 9.17) is 4.74 Å². The van der Waals surface area contributed by atoms with Crippen LogP contribution >= 0.6 is 0 Å². The molecule has 5 nitrogen and oxygen atoms in total. The molecule has 2 N–H and O–H groups in total. The Morgan fingerprint density at radius 3 is 2.76 bits per heavy atom. The average Bonchev–Trinajstić information content (AvgIpc) is 2.98. The van der Waals surface area contributed by atoms with Gasteiger partial charge >= 0.3 is 0 Å². The van der Waals surface area contributed by atoms with Crippen LogP contribution in [0.25, 0.3) is 0 Å². The minimum absolute atomic E-state index is 0.106. The Labute approximate surface area is 148 Å². The summed E-state index contributed by atoms with van der Waals surface area (Å²) >= 11 is 0. The van der Waals surface area contributed by atoms with Gasteiger partial charge in [0.15, 0.2) is 0 Å². The molecule has 1 atom stereocenters. The molecule has 2 aromatic carbocycles. The van der Waals surface area contributed by atoms with Crippen molar-refractivity contribution in [3.8, 4) is 5.75 Å². The number of fused-ring (bicyclic) bond motifs is 1. The van der Waals surface area contributed by atoms with Gasteiger partial charge in [-0.2, -0.15) is 0 Å². The minimum atomic E-state index is -0.568. The number of aliphatic hydroxyl groups excluding tert-OH is 1. The van der Waals surface area contributed by atoms with E-state index >= 15 is 0 Å². The Kier molecular flexibility index (Phi) is 5.24. The van der Waals surface area contributed by atoms with Crippen LogP contribution in [-0.4, -0.2) is 36.8 Å². The molecule has 0 spiro atoms. The lowest BCUT2D eigenvalue weighted by molar-refractivity contribution is -0.114. The molecule has 0 saturated heterocycles. The molecule has 1 aliphatic rings. The number of aryl methyl sites for hydroxylation is 1. The lowest BCUT2D eigenvalue weighted by atomic mass is 10.1. The van der Waals surface area contributed by atoms with Gasteiger partial charge in [-0.15, -0.1) is 0 Å². The van der Waals surface area contributed by atoms with Crippen molar-refractivity contribution >= 4 is 17.3 Å². The predicted octanol–water partition coefficient (Wildman–Crippen LogP) is 2.76. The maximum Gasteiger partial charge on any atom is 0.221 e. The van der Waals surface area contributed by atoms with Crippen LogP contribution in [0.1, 0.15) is 18.1 Å². The van der Waals surface area contributed by atoms with E-state index in [-0.39, 0.29) is 12.5 Å². The normalized spacial score (nSPS) is 14.1. The lowest BCUT2D eigenvalue weighted by Gasteiger charge is -2.23. The standard InChI is InChI=1S/C20H24N2O3/c1-14-4-3-5-20-19(14)10-11-22(20)12-17(24)13-25-18-8-6-16(7-9-18)21-15(2)23/h3-9,17,24H,10-13H2,1-2H3,(H,21,23). The van der Waals surface area contributed by atoms with Gasteiger partial charge in [-0.3, -0.25) is 4.79 Å². The van der Waals surface area contributed by atoms with E-state index in [1.165, 1.54) is 23.7 Å². The molecule has 5 heteroatoms. The molecule has 1 heterocycles. The zero-order valence-electron chi connectivity index (χ0n) is 14.7. The van der Waals surface area contributed by atoms with Crippen LogP contribution in [0.3, 0.4) is 0 Å². The van der Waals surface area contributed by atoms with E-state index in [1.807, 2.05) is 0 Å². The van der Waals surface area contributed by atoms with Crippen molar-refractivity contribution in [1.82, 2.24) is 0 Å². The number of benzene rings is 2. The first-order valence-corrected chi connectivity index (χ1v) is 8.55. The van der Waals surface area contributed by atoms with E-state index in [1.54, 1.807) is 24.3 Å². The molecule has 25 heavy (non-hydrogen) atoms. The molecular weight excluding hydrogens is 316 g/mol. The van der Waals surface area contributed by atoms with Crippen LogP contribution in [0.2, 0.25) is 0 Å². The van der Waals surface area contributed by atoms with Crippen molar-refractivity contribution in [2.45, 2.75) is 26.4 Å². The number of carbonyl (C=O) groups excluding carboxylic acids is 1. The van der Waals surface area contributed by atoms with Crippen molar-refractivity contribution in [2.75, 3.05) is 29.9 Å². The fraction of sp³-hybridized carbons (Fsp3) is 0.350. The van der Waals surface area contributed by atoms with Crippen LogP contribution < -0.4 is 15.0 Å². The van der Waals surface area contributed by atoms with Gasteiger partial charge in [0.05, 0.1) is 0 Å². The fourth-order valence-electron chi connectivity index (χ4n) is 3.20. The monoisotopic (exact) mass is 340 g/mol. The molecule has 1 aliphatic heterocycles. The van der Waals surface area contributed by atoms with Crippen LogP contribution in [0.5, 0.6) is 5.75 Å². The summed E-state index contributed by atoms with van der Waals surface area (Å²) in [5, 5.41) is 13.0. The summed E-state index contributed by atoms with van der Waals surface area (Å²) in [6, 6.07) is 13.4. The number of anilines is 2. The second kappa shape index (κ2) is 7.57. The van der Waals surface area contributed by atoms with Gasteiger partial charge in [0.25, 0.3) is 0 Å². The van der Waals surface area contributed by atoms with Gasteiger partial charge in [0.1, 0.15) is 18.5 Å². The zero-order chi connectivity index (χ0) is 17.8. The molecule has 3 rings (SSSR count). The van der Waals surface area contributed by atoms with Crippen molar-refractivity contribution < 1.29 is 14.6 Å². The highest BCUT2D eigenvalue weighted by Gasteiger charge is 2.22. The number of nitrogens with one attached hydrogen (secondary N) is 1. The number of hydrogen-bond donors (Lipinski definition) is 2. The average molecular weight is 340 g/mol. The number of amides is 1. The summed E-state index contributed by atoms with van der Waals surface area (Å²) in [7, 11) is 0. The highest BCUT2D eigenvalue weighted by Crippen LogP contribution is 2.30. The third kappa shape index (κ3) is 4.31. The molecule has 2 aromatic rings. The fourth-order valence-corrected chi connectivity index (χ4v) is 3.20. The highest BCUT2D eigenvalue weighted by molar-refractivity contribution is 5.88. The van der Waals surface area contributed by atoms with Crippen LogP contribution in [-0.2, 0) is 11.2 Å². The molecule has 0 saturated carbocycles. The first-order valence-electron chi connectivity index (χ1n) is 8.55. The highest BCUT2D eigenvalue weighted by atomic mass is 16.5. The lowest BCUT2D eigenvalue weighted by Crippen LogP contribution is -2.34. The molecule has 0 radical (unpaired) electrons. The van der Waals surface area contributed by atoms with E-state index in [2.05, 4.69) is 35.3 Å². The Bertz CT molecular complexity index is 743. The first-order chi connectivity index (χ1) is 12.0. The quantitative estimate of drug-likeness (QED) is 0.849. The number of ether oxygens (including phenoxy) is 1. The van der Waals surface area contributed by atoms with Crippen LogP contribution in [0, 0.1) is 6.92 Å². The third-order valence-corrected chi connectivity index (χ3v) is 4.41. The van der Waals surface area contributed by atoms with E-state index in [0.29, 0.717) is 12.3 Å². The Balaban J connectivity index is 1.51. The maximum absolute atomic E-state index is 11.0. The molecule has 132 valence electrons. The summed E-state index contributed by atoms with van der Waals surface area (Å²) in [5.41, 5.74) is 4.64. The largest absolute Gasteiger partial charge is 0.491 e. The molecule has 1 amide bonds. The van der Waals surface area contributed by atoms with Gasteiger partial charge in [-0.1, -0.05) is 12.1 Å². The summed E-state index contributed by atoms with van der Waals surface area (Å²) in [5.74, 6) is 0.566. The van der Waals surface area contributed by atoms with Crippen molar-refractivity contribution in [1.29, 1.82) is 0 Å². The minimum Gasteiger partial charge on any atom is -0.491 e. The number of rotatable bonds is 6. The number of aliphatic hydroxyl groups is 1. The molecular formula is C20H24N2O3. The predicted molar refractivity (Wildman–Crippen MR) is 99.3 cm³/mol. The Hall–Kier alpha value is -2.53. The second-order valence-corrected chi connectivity index (χ2v) is 6.44. The topological polar surface area (TPSA) is 61.8 Å². The van der Waals surface area contributed by atoms with Crippen molar-refractivity contribution in [2.24, 2.45) is 0 Å². The van der Waals surface area contributed by atoms with Gasteiger partial charge in [-0.25, -0.2) is 0 Å². The molecule has 1 unspecified atom stereocenters. The van der Waals surface area contributed by atoms with Crippen molar-refractivity contribution in [3.05, 3.63) is 53.6 Å². The summed E-state index contributed by atoms with van der Waals surface area (Å²) in [6.45, 7) is 5.32. The second-order valence-electron chi connectivity index (χ2n) is 6.44. The smallest absolute Gasteiger partial charge is 0.221 e. The number of hydrogen-bond acceptors (Lipinski definition) is 4. The van der Waals surface area contributed by atoms with Crippen molar-refractivity contribution in [3.63, 3.8) is 0 Å². The van der Waals surface area contributed by atoms with Crippen LogP contribution in [0.4, 0.5) is 11.4 Å². The third-order valence-electron chi connectivity index (χ3n) is 4.41. The van der Waals surface area contributed by atoms with Gasteiger partial charge in [0, 0.05) is 31.4 Å². The van der Waals surface area contributed by atoms with E-state index in [0.717, 1.165) is 18.7 Å². The summed E-state index contributed by atoms with van der Waals surface area (Å²) in [6.07, 6.45) is 0.460. The molecule has 0 aromatic heterocycles. The van der Waals surface area contributed by atoms with Crippen LogP contribution in [0.15, 0.2) is 42.5 Å². The maximum atomic E-state index is 11.0. The van der Waals surface area contributed by atoms with Gasteiger partial charge in [0.2, 0.25) is 5.91 Å². The number of carbonyl (C=O) groups is 1.